The van der Waals surface area contributed by atoms with E-state index in [1.807, 2.05) is 0 Å². The van der Waals surface area contributed by atoms with Gasteiger partial charge in [0.25, 0.3) is 17.7 Å². The zero-order valence-corrected chi connectivity index (χ0v) is 32.1. The highest BCUT2D eigenvalue weighted by Crippen LogP contribution is 2.51. The highest BCUT2D eigenvalue weighted by Gasteiger charge is 2.72. The summed E-state index contributed by atoms with van der Waals surface area (Å²) in [5.74, 6) is -1.21. The van der Waals surface area contributed by atoms with Crippen LogP contribution in [0.25, 0.3) is 0 Å². The van der Waals surface area contributed by atoms with Gasteiger partial charge in [0.1, 0.15) is 6.61 Å². The number of halogens is 12. The van der Waals surface area contributed by atoms with Crippen molar-refractivity contribution in [2.24, 2.45) is 5.73 Å². The van der Waals surface area contributed by atoms with Crippen LogP contribution in [0.5, 0.6) is 0 Å². The van der Waals surface area contributed by atoms with Crippen LogP contribution in [0.2, 0.25) is 0 Å². The molecule has 4 aromatic carbocycles. The van der Waals surface area contributed by atoms with Crippen molar-refractivity contribution in [3.05, 3.63) is 129 Å². The summed E-state index contributed by atoms with van der Waals surface area (Å²) in [6.07, 6.45) is -22.9. The molecule has 0 saturated heterocycles. The molecule has 0 unspecified atom stereocenters. The third kappa shape index (κ3) is 9.60. The molecule has 2 aliphatic heterocycles. The van der Waals surface area contributed by atoms with Gasteiger partial charge in [0.15, 0.2) is 0 Å². The van der Waals surface area contributed by atoms with Gasteiger partial charge >= 0.3 is 24.7 Å². The van der Waals surface area contributed by atoms with Gasteiger partial charge in [0.05, 0.1) is 13.1 Å². The minimum atomic E-state index is -5.98. The SMILES string of the molecule is NC(=O)c1ccc2c(c1)CCC(=O)N2Cc1ccc(C(O)(C(F)(F)F)C(F)(F)F)cc1.O=COCc1ccc2c(c1)CCC(=O)N2Cc1ccc(C(O)(C(F)(F)F)C(F)(F)F)cc1. The van der Waals surface area contributed by atoms with E-state index in [0.717, 1.165) is 29.8 Å². The average Bonchev–Trinajstić information content (AvgIpc) is 3.20. The van der Waals surface area contributed by atoms with Crippen molar-refractivity contribution >= 4 is 35.6 Å². The van der Waals surface area contributed by atoms with Crippen LogP contribution in [0, 0.1) is 0 Å². The summed E-state index contributed by atoms with van der Waals surface area (Å²) in [5, 5.41) is 18.9. The molecular weight excluding hydrogens is 874 g/mol. The number of ether oxygens (including phenoxy) is 1. The minimum Gasteiger partial charge on any atom is -0.463 e. The smallest absolute Gasteiger partial charge is 0.430 e. The highest BCUT2D eigenvalue weighted by atomic mass is 19.4. The number of alkyl halides is 12. The van der Waals surface area contributed by atoms with Gasteiger partial charge in [0, 0.05) is 40.9 Å². The molecule has 0 aromatic heterocycles. The lowest BCUT2D eigenvalue weighted by Gasteiger charge is -2.33. The summed E-state index contributed by atoms with van der Waals surface area (Å²) in [4.78, 5) is 49.2. The van der Waals surface area contributed by atoms with E-state index in [1.165, 1.54) is 28.0 Å². The molecule has 0 saturated carbocycles. The number of benzene rings is 4. The van der Waals surface area contributed by atoms with Gasteiger partial charge in [-0.25, -0.2) is 0 Å². The number of amides is 3. The predicted octanol–water partition coefficient (Wildman–Crippen LogP) is 7.73. The fraction of sp³-hybridized carbons (Fsp3) is 0.317. The summed E-state index contributed by atoms with van der Waals surface area (Å²) in [5.41, 5.74) is -3.60. The van der Waals surface area contributed by atoms with Crippen molar-refractivity contribution < 1.29 is 86.8 Å². The molecule has 6 rings (SSSR count). The average molecular weight is 908 g/mol. The predicted molar refractivity (Wildman–Crippen MR) is 196 cm³/mol. The van der Waals surface area contributed by atoms with Gasteiger partial charge in [-0.05, 0) is 64.9 Å². The Hall–Kier alpha value is -6.16. The number of primary amides is 1. The molecule has 0 spiro atoms. The molecular formula is C41H33F12N3O7. The van der Waals surface area contributed by atoms with E-state index < -0.39 is 52.9 Å². The first kappa shape index (κ1) is 47.9. The van der Waals surface area contributed by atoms with Crippen LogP contribution < -0.4 is 15.5 Å². The van der Waals surface area contributed by atoms with E-state index in [9.17, 15) is 82.1 Å². The molecule has 0 aliphatic carbocycles. The number of nitrogens with two attached hydrogens (primary N) is 1. The van der Waals surface area contributed by atoms with E-state index in [1.54, 1.807) is 18.2 Å². The molecule has 2 aliphatic rings. The number of anilines is 2. The van der Waals surface area contributed by atoms with Crippen LogP contribution in [0.1, 0.15) is 62.1 Å². The first-order chi connectivity index (χ1) is 29.1. The molecule has 0 fully saturated rings. The Morgan fingerprint density at radius 2 is 0.937 bits per heavy atom. The molecule has 3 amide bonds. The van der Waals surface area contributed by atoms with E-state index in [2.05, 4.69) is 0 Å². The van der Waals surface area contributed by atoms with Crippen LogP contribution >= 0.6 is 0 Å². The quantitative estimate of drug-likeness (QED) is 0.109. The summed E-state index contributed by atoms with van der Waals surface area (Å²) >= 11 is 0. The number of aryl methyl sites for hydroxylation is 2. The topological polar surface area (TPSA) is 150 Å². The third-order valence-electron chi connectivity index (χ3n) is 10.3. The van der Waals surface area contributed by atoms with Crippen molar-refractivity contribution in [2.45, 2.75) is 81.3 Å². The van der Waals surface area contributed by atoms with E-state index in [4.69, 9.17) is 10.5 Å². The van der Waals surface area contributed by atoms with Crippen LogP contribution in [-0.4, -0.2) is 59.1 Å². The molecule has 4 aromatic rings. The second kappa shape index (κ2) is 17.5. The van der Waals surface area contributed by atoms with Crippen LogP contribution in [0.4, 0.5) is 64.1 Å². The van der Waals surface area contributed by atoms with Crippen LogP contribution in [0.15, 0.2) is 84.9 Å². The van der Waals surface area contributed by atoms with Crippen molar-refractivity contribution in [1.29, 1.82) is 0 Å². The summed E-state index contributed by atoms with van der Waals surface area (Å²) in [6, 6.07) is 15.6. The second-order valence-electron chi connectivity index (χ2n) is 14.3. The number of hydrogen-bond acceptors (Lipinski definition) is 7. The fourth-order valence-corrected chi connectivity index (χ4v) is 6.94. The largest absolute Gasteiger partial charge is 0.463 e. The van der Waals surface area contributed by atoms with Gasteiger partial charge in [-0.1, -0.05) is 60.7 Å². The third-order valence-corrected chi connectivity index (χ3v) is 10.3. The van der Waals surface area contributed by atoms with Crippen molar-refractivity contribution in [3.8, 4) is 0 Å². The molecule has 10 nitrogen and oxygen atoms in total. The number of rotatable bonds is 10. The van der Waals surface area contributed by atoms with E-state index in [0.29, 0.717) is 66.1 Å². The van der Waals surface area contributed by atoms with Crippen LogP contribution in [-0.2, 0) is 62.9 Å². The maximum absolute atomic E-state index is 13.0. The molecule has 22 heteroatoms. The second-order valence-corrected chi connectivity index (χ2v) is 14.3. The number of hydrogen-bond donors (Lipinski definition) is 3. The summed E-state index contributed by atoms with van der Waals surface area (Å²) in [7, 11) is 0. The molecule has 4 N–H and O–H groups in total. The van der Waals surface area contributed by atoms with Crippen molar-refractivity contribution in [3.63, 3.8) is 0 Å². The zero-order chi connectivity index (χ0) is 46.9. The molecule has 0 radical (unpaired) electrons. The number of fused-ring (bicyclic) bond motifs is 2. The Labute approximate surface area is 348 Å². The number of carbonyl (C=O) groups is 4. The number of nitrogens with zero attached hydrogens (tertiary/aromatic N) is 2. The van der Waals surface area contributed by atoms with E-state index >= 15 is 0 Å². The van der Waals surface area contributed by atoms with Gasteiger partial charge in [-0.3, -0.25) is 19.2 Å². The Morgan fingerprint density at radius 1 is 0.571 bits per heavy atom. The molecule has 338 valence electrons. The summed E-state index contributed by atoms with van der Waals surface area (Å²) in [6.45, 7) is 0.135. The van der Waals surface area contributed by atoms with Gasteiger partial charge in [0.2, 0.25) is 17.7 Å². The lowest BCUT2D eigenvalue weighted by Crippen LogP contribution is -2.53. The molecule has 63 heavy (non-hydrogen) atoms. The maximum atomic E-state index is 13.0. The number of carbonyl (C=O) groups excluding carboxylic acids is 4. The zero-order valence-electron chi connectivity index (χ0n) is 32.1. The fourth-order valence-electron chi connectivity index (χ4n) is 6.94. The lowest BCUT2D eigenvalue weighted by molar-refractivity contribution is -0.376. The Balaban J connectivity index is 0.000000238. The molecule has 0 bridgehead atoms. The summed E-state index contributed by atoms with van der Waals surface area (Å²) < 4.78 is 161. The van der Waals surface area contributed by atoms with E-state index in [-0.39, 0.29) is 61.0 Å². The Bertz CT molecular complexity index is 2320. The minimum absolute atomic E-state index is 0.0491. The number of aliphatic hydroxyl groups is 2. The Morgan fingerprint density at radius 3 is 1.30 bits per heavy atom. The monoisotopic (exact) mass is 907 g/mol. The standard InChI is InChI=1S/C21H17F6NO4.C20H16F6N2O3/c22-20(23,24)19(31,21(25,26)27)16-5-1-13(2-6-16)10-28-17-7-3-14(11-32-12-29)9-15(17)4-8-18(28)30;21-19(22,23)18(31,20(24,25)26)14-5-1-11(2-6-14)10-28-15-7-3-13(17(27)30)9-12(15)4-8-16(28)29/h1-3,5-7,9,12,31H,4,8,10-11H2;1-3,5-7,9,31H,4,8,10H2,(H2,27,30). The van der Waals surface area contributed by atoms with Crippen molar-refractivity contribution in [1.82, 2.24) is 0 Å². The van der Waals surface area contributed by atoms with Crippen LogP contribution in [0.3, 0.4) is 0 Å². The maximum Gasteiger partial charge on any atom is 0.430 e. The first-order valence-corrected chi connectivity index (χ1v) is 18.2. The lowest BCUT2D eigenvalue weighted by atomic mass is 9.91. The Kier molecular flexibility index (Phi) is 13.3. The molecule has 0 atom stereocenters. The first-order valence-electron chi connectivity index (χ1n) is 18.2. The van der Waals surface area contributed by atoms with Gasteiger partial charge in [-0.2, -0.15) is 52.7 Å². The van der Waals surface area contributed by atoms with Gasteiger partial charge < -0.3 is 30.5 Å². The van der Waals surface area contributed by atoms with Gasteiger partial charge in [-0.15, -0.1) is 0 Å². The normalized spacial score (nSPS) is 15.0. The molecule has 2 heterocycles. The van der Waals surface area contributed by atoms with Crippen molar-refractivity contribution in [2.75, 3.05) is 9.80 Å². The highest BCUT2D eigenvalue weighted by molar-refractivity contribution is 5.99.